The molecule has 0 saturated heterocycles. The molecule has 2 rings (SSSR count). The molecule has 3 atom stereocenters. The quantitative estimate of drug-likeness (QED) is 0.810. The third-order valence-electron chi connectivity index (χ3n) is 4.75. The topological polar surface area (TPSA) is 33.0 Å². The molecule has 1 aliphatic carbocycles. The van der Waals surface area contributed by atoms with Crippen molar-refractivity contribution in [3.8, 4) is 6.07 Å². The van der Waals surface area contributed by atoms with Crippen LogP contribution in [0.3, 0.4) is 0 Å². The molecule has 1 fully saturated rings. The zero-order chi connectivity index (χ0) is 15.3. The molecule has 1 aromatic carbocycles. The van der Waals surface area contributed by atoms with E-state index in [1.165, 1.54) is 5.56 Å². The molecule has 0 aliphatic heterocycles. The van der Waals surface area contributed by atoms with Gasteiger partial charge in [0.1, 0.15) is 0 Å². The largest absolute Gasteiger partial charge is 0.377 e. The Morgan fingerprint density at radius 1 is 1.19 bits per heavy atom. The Morgan fingerprint density at radius 2 is 1.90 bits per heavy atom. The molecular weight excluding hydrogens is 258 g/mol. The summed E-state index contributed by atoms with van der Waals surface area (Å²) < 4.78 is 6.09. The van der Waals surface area contributed by atoms with Gasteiger partial charge in [-0.25, -0.2) is 0 Å². The number of benzene rings is 1. The molecule has 1 saturated carbocycles. The van der Waals surface area contributed by atoms with Crippen molar-refractivity contribution in [2.24, 2.45) is 17.3 Å². The second kappa shape index (κ2) is 7.09. The molecule has 0 heterocycles. The van der Waals surface area contributed by atoms with Gasteiger partial charge in [0, 0.05) is 0 Å². The van der Waals surface area contributed by atoms with Gasteiger partial charge in [0.25, 0.3) is 0 Å². The fourth-order valence-corrected chi connectivity index (χ4v) is 3.22. The van der Waals surface area contributed by atoms with Crippen LogP contribution in [0, 0.1) is 28.6 Å². The highest BCUT2D eigenvalue weighted by Gasteiger charge is 2.36. The van der Waals surface area contributed by atoms with Gasteiger partial charge >= 0.3 is 0 Å². The summed E-state index contributed by atoms with van der Waals surface area (Å²) in [6, 6.07) is 12.9. The summed E-state index contributed by atoms with van der Waals surface area (Å²) in [5, 5.41) is 9.34. The van der Waals surface area contributed by atoms with Crippen molar-refractivity contribution in [1.29, 1.82) is 5.26 Å². The van der Waals surface area contributed by atoms with Crippen LogP contribution < -0.4 is 0 Å². The van der Waals surface area contributed by atoms with Gasteiger partial charge in [-0.3, -0.25) is 0 Å². The maximum atomic E-state index is 9.34. The molecule has 0 aromatic heterocycles. The van der Waals surface area contributed by atoms with Crippen LogP contribution in [0.1, 0.15) is 45.6 Å². The van der Waals surface area contributed by atoms with Crippen LogP contribution in [-0.4, -0.2) is 12.7 Å². The molecule has 2 nitrogen and oxygen atoms in total. The Kier molecular flexibility index (Phi) is 5.42. The SMILES string of the molecule is CC(C)(C)C1CCC(C#N)C(OCCc2ccccc2)C1. The number of hydrogen-bond acceptors (Lipinski definition) is 2. The lowest BCUT2D eigenvalue weighted by Crippen LogP contribution is -2.36. The van der Waals surface area contributed by atoms with E-state index in [1.54, 1.807) is 0 Å². The molecule has 114 valence electrons. The van der Waals surface area contributed by atoms with Gasteiger partial charge in [0.05, 0.1) is 24.7 Å². The minimum absolute atomic E-state index is 0.0689. The first-order valence-corrected chi connectivity index (χ1v) is 8.06. The molecular formula is C19H27NO. The van der Waals surface area contributed by atoms with E-state index >= 15 is 0 Å². The van der Waals surface area contributed by atoms with E-state index in [1.807, 2.05) is 6.07 Å². The molecule has 21 heavy (non-hydrogen) atoms. The molecule has 0 amide bonds. The molecule has 2 heteroatoms. The first-order chi connectivity index (χ1) is 10.0. The molecule has 0 spiro atoms. The highest BCUT2D eigenvalue weighted by molar-refractivity contribution is 5.14. The Bertz CT molecular complexity index is 469. The molecule has 1 aromatic rings. The van der Waals surface area contributed by atoms with E-state index in [2.05, 4.69) is 51.1 Å². The van der Waals surface area contributed by atoms with Gasteiger partial charge in [-0.2, -0.15) is 5.26 Å². The number of ether oxygens (including phenoxy) is 1. The second-order valence-electron chi connectivity index (χ2n) is 7.26. The van der Waals surface area contributed by atoms with Gasteiger partial charge in [0.15, 0.2) is 0 Å². The highest BCUT2D eigenvalue weighted by Crippen LogP contribution is 2.40. The molecule has 3 unspecified atom stereocenters. The zero-order valence-corrected chi connectivity index (χ0v) is 13.5. The third-order valence-corrected chi connectivity index (χ3v) is 4.75. The lowest BCUT2D eigenvalue weighted by molar-refractivity contribution is -0.0266. The molecule has 0 radical (unpaired) electrons. The summed E-state index contributed by atoms with van der Waals surface area (Å²) in [5.41, 5.74) is 1.61. The molecule has 0 bridgehead atoms. The standard InChI is InChI=1S/C19H27NO/c1-19(2,3)17-10-9-16(14-20)18(13-17)21-12-11-15-7-5-4-6-8-15/h4-8,16-18H,9-13H2,1-3H3. The maximum Gasteiger partial charge on any atom is 0.0736 e. The first-order valence-electron chi connectivity index (χ1n) is 8.06. The van der Waals surface area contributed by atoms with Crippen molar-refractivity contribution in [2.75, 3.05) is 6.61 Å². The third kappa shape index (κ3) is 4.58. The number of nitrogens with zero attached hydrogens (tertiary/aromatic N) is 1. The minimum atomic E-state index is 0.0689. The summed E-state index contributed by atoms with van der Waals surface area (Å²) in [6.45, 7) is 7.60. The smallest absolute Gasteiger partial charge is 0.0736 e. The summed E-state index contributed by atoms with van der Waals surface area (Å²) in [5.74, 6) is 0.725. The van der Waals surface area contributed by atoms with Crippen LogP contribution in [0.25, 0.3) is 0 Å². The molecule has 0 N–H and O–H groups in total. The predicted octanol–water partition coefficient (Wildman–Crippen LogP) is 4.60. The van der Waals surface area contributed by atoms with Crippen molar-refractivity contribution in [3.05, 3.63) is 35.9 Å². The lowest BCUT2D eigenvalue weighted by Gasteiger charge is -2.39. The Balaban J connectivity index is 1.88. The van der Waals surface area contributed by atoms with Gasteiger partial charge in [-0.15, -0.1) is 0 Å². The average Bonchev–Trinajstić information content (AvgIpc) is 2.47. The van der Waals surface area contributed by atoms with E-state index < -0.39 is 0 Å². The monoisotopic (exact) mass is 285 g/mol. The fraction of sp³-hybridized carbons (Fsp3) is 0.632. The van der Waals surface area contributed by atoms with Gasteiger partial charge < -0.3 is 4.74 Å². The van der Waals surface area contributed by atoms with Gasteiger partial charge in [-0.05, 0) is 42.6 Å². The first kappa shape index (κ1) is 16.0. The van der Waals surface area contributed by atoms with Crippen molar-refractivity contribution in [1.82, 2.24) is 0 Å². The Morgan fingerprint density at radius 3 is 2.52 bits per heavy atom. The summed E-state index contributed by atoms with van der Waals surface area (Å²) >= 11 is 0. The Hall–Kier alpha value is -1.33. The van der Waals surface area contributed by atoms with Crippen molar-refractivity contribution < 1.29 is 4.74 Å². The number of rotatable bonds is 4. The van der Waals surface area contributed by atoms with Gasteiger partial charge in [0.2, 0.25) is 0 Å². The Labute approximate surface area is 129 Å². The van der Waals surface area contributed by atoms with Crippen LogP contribution in [0.4, 0.5) is 0 Å². The zero-order valence-electron chi connectivity index (χ0n) is 13.5. The van der Waals surface area contributed by atoms with E-state index in [-0.39, 0.29) is 12.0 Å². The summed E-state index contributed by atoms with van der Waals surface area (Å²) in [7, 11) is 0. The van der Waals surface area contributed by atoms with Crippen LogP contribution >= 0.6 is 0 Å². The highest BCUT2D eigenvalue weighted by atomic mass is 16.5. The lowest BCUT2D eigenvalue weighted by atomic mass is 9.69. The summed E-state index contributed by atoms with van der Waals surface area (Å²) in [4.78, 5) is 0. The van der Waals surface area contributed by atoms with Crippen molar-refractivity contribution in [2.45, 2.75) is 52.6 Å². The van der Waals surface area contributed by atoms with Gasteiger partial charge in [-0.1, -0.05) is 51.1 Å². The fourth-order valence-electron chi connectivity index (χ4n) is 3.22. The second-order valence-corrected chi connectivity index (χ2v) is 7.26. The number of nitriles is 1. The van der Waals surface area contributed by atoms with E-state index in [4.69, 9.17) is 4.74 Å². The maximum absolute atomic E-state index is 9.34. The average molecular weight is 285 g/mol. The minimum Gasteiger partial charge on any atom is -0.377 e. The van der Waals surface area contributed by atoms with Crippen LogP contribution in [0.5, 0.6) is 0 Å². The van der Waals surface area contributed by atoms with Crippen molar-refractivity contribution in [3.63, 3.8) is 0 Å². The van der Waals surface area contributed by atoms with E-state index in [0.29, 0.717) is 17.9 Å². The van der Waals surface area contributed by atoms with Crippen LogP contribution in [-0.2, 0) is 11.2 Å². The van der Waals surface area contributed by atoms with E-state index in [9.17, 15) is 5.26 Å². The van der Waals surface area contributed by atoms with E-state index in [0.717, 1.165) is 25.7 Å². The predicted molar refractivity (Wildman–Crippen MR) is 85.8 cm³/mol. The van der Waals surface area contributed by atoms with Crippen molar-refractivity contribution >= 4 is 0 Å². The number of hydrogen-bond donors (Lipinski definition) is 0. The summed E-state index contributed by atoms with van der Waals surface area (Å²) in [6.07, 6.45) is 4.19. The van der Waals surface area contributed by atoms with Crippen LogP contribution in [0.2, 0.25) is 0 Å². The normalized spacial score (nSPS) is 26.3. The van der Waals surface area contributed by atoms with Crippen LogP contribution in [0.15, 0.2) is 30.3 Å². The molecule has 1 aliphatic rings.